The Morgan fingerprint density at radius 2 is 1.81 bits per heavy atom. The van der Waals surface area contributed by atoms with Gasteiger partial charge in [-0.25, -0.2) is 10.3 Å². The Balaban J connectivity index is 1.67. The van der Waals surface area contributed by atoms with E-state index in [0.717, 1.165) is 11.3 Å². The van der Waals surface area contributed by atoms with E-state index >= 15 is 0 Å². The number of amides is 1. The van der Waals surface area contributed by atoms with Crippen LogP contribution in [0.2, 0.25) is 0 Å². The summed E-state index contributed by atoms with van der Waals surface area (Å²) in [6.45, 7) is 4.25. The molecule has 1 heterocycles. The van der Waals surface area contributed by atoms with Gasteiger partial charge in [0.25, 0.3) is 5.91 Å². The van der Waals surface area contributed by atoms with Gasteiger partial charge in [0.05, 0.1) is 25.3 Å². The van der Waals surface area contributed by atoms with Crippen LogP contribution in [0.1, 0.15) is 36.2 Å². The maximum Gasteiger partial charge on any atom is 0.347 e. The van der Waals surface area contributed by atoms with Gasteiger partial charge in [-0.05, 0) is 37.1 Å². The van der Waals surface area contributed by atoms with E-state index < -0.39 is 17.5 Å². The van der Waals surface area contributed by atoms with Crippen molar-refractivity contribution in [3.63, 3.8) is 0 Å². The fourth-order valence-electron chi connectivity index (χ4n) is 3.06. The summed E-state index contributed by atoms with van der Waals surface area (Å²) in [5.41, 5.74) is 6.55. The number of ether oxygens (including phenoxy) is 1. The molecule has 0 spiro atoms. The van der Waals surface area contributed by atoms with Crippen LogP contribution in [0.5, 0.6) is 0 Å². The molecule has 8 nitrogen and oxygen atoms in total. The molecule has 1 unspecified atom stereocenters. The van der Waals surface area contributed by atoms with Gasteiger partial charge in [-0.3, -0.25) is 19.9 Å². The van der Waals surface area contributed by atoms with Crippen molar-refractivity contribution in [3.8, 4) is 0 Å². The van der Waals surface area contributed by atoms with Crippen molar-refractivity contribution >= 4 is 17.6 Å². The maximum absolute atomic E-state index is 12.6. The zero-order valence-corrected chi connectivity index (χ0v) is 17.6. The molecule has 2 aromatic rings. The molecule has 0 saturated carbocycles. The first-order valence-corrected chi connectivity index (χ1v) is 10.2. The third-order valence-electron chi connectivity index (χ3n) is 4.73. The summed E-state index contributed by atoms with van der Waals surface area (Å²) in [4.78, 5) is 36.1. The van der Waals surface area contributed by atoms with Gasteiger partial charge in [-0.1, -0.05) is 49.4 Å². The van der Waals surface area contributed by atoms with Crippen LogP contribution in [0.3, 0.4) is 0 Å². The Labute approximate surface area is 181 Å². The Bertz CT molecular complexity index is 932. The molecule has 2 aromatic carbocycles. The van der Waals surface area contributed by atoms with Gasteiger partial charge in [0.1, 0.15) is 0 Å². The van der Waals surface area contributed by atoms with E-state index in [1.54, 1.807) is 37.3 Å². The van der Waals surface area contributed by atoms with Crippen molar-refractivity contribution in [1.29, 1.82) is 0 Å². The highest BCUT2D eigenvalue weighted by Crippen LogP contribution is 2.25. The molecule has 0 bridgehead atoms. The molecule has 1 amide bonds. The van der Waals surface area contributed by atoms with Crippen LogP contribution in [0.25, 0.3) is 0 Å². The van der Waals surface area contributed by atoms with E-state index in [0.29, 0.717) is 17.7 Å². The number of para-hydroxylation sites is 1. The molecular formula is C23H27N3O5. The molecule has 3 rings (SSSR count). The second-order valence-electron chi connectivity index (χ2n) is 6.94. The molecule has 164 valence electrons. The number of allylic oxidation sites excluding steroid dienone is 1. The number of hydroxylamine groups is 2. The molecule has 1 atom stereocenters. The summed E-state index contributed by atoms with van der Waals surface area (Å²) in [7, 11) is 0. The van der Waals surface area contributed by atoms with Crippen LogP contribution in [-0.4, -0.2) is 30.6 Å². The van der Waals surface area contributed by atoms with Gasteiger partial charge in [0.15, 0.2) is 0 Å². The van der Waals surface area contributed by atoms with Crippen LogP contribution in [0.15, 0.2) is 66.4 Å². The molecule has 0 aromatic heterocycles. The van der Waals surface area contributed by atoms with Crippen LogP contribution >= 0.6 is 0 Å². The summed E-state index contributed by atoms with van der Waals surface area (Å²) in [5.74, 6) is -0.911. The van der Waals surface area contributed by atoms with Crippen LogP contribution in [0.4, 0.5) is 5.69 Å². The third kappa shape index (κ3) is 5.62. The van der Waals surface area contributed by atoms with E-state index in [1.807, 2.05) is 37.3 Å². The summed E-state index contributed by atoms with van der Waals surface area (Å²) in [6, 6.07) is 16.5. The molecule has 8 heteroatoms. The lowest BCUT2D eigenvalue weighted by molar-refractivity contribution is -0.167. The van der Waals surface area contributed by atoms with Crippen LogP contribution < -0.4 is 16.3 Å². The van der Waals surface area contributed by atoms with Gasteiger partial charge < -0.3 is 10.1 Å². The topological polar surface area (TPSA) is 97.9 Å². The molecule has 3 N–H and O–H groups in total. The minimum atomic E-state index is -1.32. The van der Waals surface area contributed by atoms with Gasteiger partial charge in [-0.15, -0.1) is 0 Å². The van der Waals surface area contributed by atoms with Crippen LogP contribution in [-0.2, 0) is 25.8 Å². The molecule has 0 radical (unpaired) electrons. The van der Waals surface area contributed by atoms with Crippen molar-refractivity contribution in [3.05, 3.63) is 77.5 Å². The monoisotopic (exact) mass is 425 g/mol. The zero-order chi connectivity index (χ0) is 22.1. The van der Waals surface area contributed by atoms with Crippen molar-refractivity contribution in [2.45, 2.75) is 32.5 Å². The number of carbonyl (C=O) groups is 2. The van der Waals surface area contributed by atoms with Crippen molar-refractivity contribution < 1.29 is 24.0 Å². The third-order valence-corrected chi connectivity index (χ3v) is 4.73. The second kappa shape index (κ2) is 10.6. The van der Waals surface area contributed by atoms with E-state index in [-0.39, 0.29) is 19.8 Å². The van der Waals surface area contributed by atoms with Crippen molar-refractivity contribution in [2.75, 3.05) is 18.5 Å². The molecule has 1 aliphatic rings. The quantitative estimate of drug-likeness (QED) is 0.397. The summed E-state index contributed by atoms with van der Waals surface area (Å²) >= 11 is 0. The van der Waals surface area contributed by atoms with E-state index in [2.05, 4.69) is 16.3 Å². The number of benzene rings is 2. The number of esters is 1. The second-order valence-corrected chi connectivity index (χ2v) is 6.94. The fraction of sp³-hybridized carbons (Fsp3) is 0.304. The number of anilines is 1. The average Bonchev–Trinajstić information content (AvgIpc) is 3.24. The highest BCUT2D eigenvalue weighted by molar-refractivity contribution is 5.99. The normalized spacial score (nSPS) is 17.4. The fourth-order valence-corrected chi connectivity index (χ4v) is 3.06. The first-order chi connectivity index (χ1) is 15.1. The standard InChI is InChI=1S/C23H27N3O5/c1-3-18-14-23(31-25-18,22(28)29-4-2)16-24-20-13-9-8-12-19(20)21(27)26-30-15-17-10-6-5-7-11-17/h5-14,24-25H,3-4,15-16H2,1-2H3,(H,26,27). The highest BCUT2D eigenvalue weighted by atomic mass is 16.7. The average molecular weight is 425 g/mol. The van der Waals surface area contributed by atoms with Crippen molar-refractivity contribution in [2.24, 2.45) is 0 Å². The summed E-state index contributed by atoms with van der Waals surface area (Å²) in [5, 5.41) is 3.14. The molecule has 0 fully saturated rings. The maximum atomic E-state index is 12.6. The SMILES string of the molecule is CCOC(=O)C1(CNc2ccccc2C(=O)NOCc2ccccc2)C=C(CC)NO1. The Morgan fingerprint density at radius 3 is 2.52 bits per heavy atom. The molecule has 1 aliphatic heterocycles. The van der Waals surface area contributed by atoms with Gasteiger partial charge in [-0.2, -0.15) is 0 Å². The Hall–Kier alpha value is -3.36. The lowest BCUT2D eigenvalue weighted by Gasteiger charge is -2.24. The number of hydrogen-bond donors (Lipinski definition) is 3. The number of hydrogen-bond acceptors (Lipinski definition) is 7. The van der Waals surface area contributed by atoms with Gasteiger partial charge >= 0.3 is 5.97 Å². The molecular weight excluding hydrogens is 398 g/mol. The Kier molecular flexibility index (Phi) is 7.64. The van der Waals surface area contributed by atoms with Gasteiger partial charge in [0.2, 0.25) is 5.60 Å². The Morgan fingerprint density at radius 1 is 1.06 bits per heavy atom. The predicted octanol–water partition coefficient (Wildman–Crippen LogP) is 3.09. The first kappa shape index (κ1) is 22.3. The van der Waals surface area contributed by atoms with Gasteiger partial charge in [0, 0.05) is 11.4 Å². The smallest absolute Gasteiger partial charge is 0.347 e. The summed E-state index contributed by atoms with van der Waals surface area (Å²) < 4.78 is 5.20. The molecule has 0 aliphatic carbocycles. The highest BCUT2D eigenvalue weighted by Gasteiger charge is 2.44. The molecule has 31 heavy (non-hydrogen) atoms. The van der Waals surface area contributed by atoms with E-state index in [4.69, 9.17) is 14.4 Å². The van der Waals surface area contributed by atoms with E-state index in [1.165, 1.54) is 0 Å². The lowest BCUT2D eigenvalue weighted by atomic mass is 10.0. The molecule has 0 saturated heterocycles. The lowest BCUT2D eigenvalue weighted by Crippen LogP contribution is -2.46. The minimum absolute atomic E-state index is 0.0809. The number of rotatable bonds is 10. The number of carbonyl (C=O) groups excluding carboxylic acids is 2. The van der Waals surface area contributed by atoms with Crippen molar-refractivity contribution in [1.82, 2.24) is 11.0 Å². The summed E-state index contributed by atoms with van der Waals surface area (Å²) in [6.07, 6.45) is 2.39. The van der Waals surface area contributed by atoms with Crippen LogP contribution in [0, 0.1) is 0 Å². The predicted molar refractivity (Wildman–Crippen MR) is 116 cm³/mol. The first-order valence-electron chi connectivity index (χ1n) is 10.2. The largest absolute Gasteiger partial charge is 0.463 e. The zero-order valence-electron chi connectivity index (χ0n) is 17.6. The number of nitrogens with one attached hydrogen (secondary N) is 3. The minimum Gasteiger partial charge on any atom is -0.463 e. The van der Waals surface area contributed by atoms with E-state index in [9.17, 15) is 9.59 Å².